The number of halogens is 5. The van der Waals surface area contributed by atoms with Gasteiger partial charge in [-0.3, -0.25) is 24.4 Å². The Labute approximate surface area is 309 Å². The van der Waals surface area contributed by atoms with Crippen LogP contribution in [0.4, 0.5) is 34.7 Å². The molecule has 18 heteroatoms. The van der Waals surface area contributed by atoms with Gasteiger partial charge in [-0.15, -0.1) is 0 Å². The van der Waals surface area contributed by atoms with Crippen molar-refractivity contribution in [1.82, 2.24) is 19.7 Å². The molecule has 0 aliphatic carbocycles. The van der Waals surface area contributed by atoms with E-state index >= 15 is 0 Å². The number of hydrogen-bond donors (Lipinski definition) is 0. The molecule has 0 N–H and O–H groups in total. The average molecular weight is 784 g/mol. The van der Waals surface area contributed by atoms with Crippen LogP contribution in [0.25, 0.3) is 0 Å². The van der Waals surface area contributed by atoms with Gasteiger partial charge in [0.15, 0.2) is 0 Å². The van der Waals surface area contributed by atoms with Gasteiger partial charge in [0.2, 0.25) is 0 Å². The molecule has 2 aliphatic rings. The lowest BCUT2D eigenvalue weighted by Gasteiger charge is -2.41. The fourth-order valence-electron chi connectivity index (χ4n) is 6.18. The molecule has 294 valence electrons. The lowest BCUT2D eigenvalue weighted by molar-refractivity contribution is -0.137. The maximum atomic E-state index is 14.9. The van der Waals surface area contributed by atoms with Crippen LogP contribution in [-0.4, -0.2) is 101 Å². The van der Waals surface area contributed by atoms with Crippen LogP contribution >= 0.6 is 10.2 Å². The molecule has 4 amide bonds. The first-order chi connectivity index (χ1) is 25.1. The molecule has 0 bridgehead atoms. The van der Waals surface area contributed by atoms with Crippen LogP contribution < -0.4 is 4.90 Å². The van der Waals surface area contributed by atoms with E-state index in [1.165, 1.54) is 41.4 Å². The monoisotopic (exact) mass is 783 g/mol. The number of methoxy groups -OCH3 is 1. The third kappa shape index (κ3) is 9.76. The Balaban J connectivity index is 1.54. The first-order valence-electron chi connectivity index (χ1n) is 17.0. The van der Waals surface area contributed by atoms with Gasteiger partial charge in [0.1, 0.15) is 29.2 Å². The lowest BCUT2D eigenvalue weighted by atomic mass is 10.0. The van der Waals surface area contributed by atoms with Crippen molar-refractivity contribution in [2.45, 2.75) is 62.5 Å². The zero-order valence-corrected chi connectivity index (χ0v) is 30.9. The van der Waals surface area contributed by atoms with Crippen LogP contribution in [0.5, 0.6) is 0 Å². The number of carbonyl (C=O) groups is 4. The maximum absolute atomic E-state index is 14.9. The molecular formula is C36H42F5N5O7S. The molecule has 54 heavy (non-hydrogen) atoms. The molecule has 0 radical (unpaired) electrons. The Hall–Kier alpha value is -4.97. The summed E-state index contributed by atoms with van der Waals surface area (Å²) in [6, 6.07) is 10.4. The second kappa shape index (κ2) is 14.7. The Morgan fingerprint density at radius 1 is 0.870 bits per heavy atom. The number of ether oxygens (including phenoxy) is 3. The molecule has 1 aromatic heterocycles. The number of likely N-dealkylation sites (tertiary alicyclic amines) is 1. The van der Waals surface area contributed by atoms with Crippen LogP contribution in [0, 0.1) is 0 Å². The van der Waals surface area contributed by atoms with E-state index < -0.39 is 62.9 Å². The fourth-order valence-corrected chi connectivity index (χ4v) is 6.83. The summed E-state index contributed by atoms with van der Waals surface area (Å²) in [6.07, 6.45) is 0.460. The van der Waals surface area contributed by atoms with E-state index in [-0.39, 0.29) is 69.1 Å². The van der Waals surface area contributed by atoms with E-state index in [2.05, 4.69) is 4.98 Å². The van der Waals surface area contributed by atoms with Crippen molar-refractivity contribution in [2.75, 3.05) is 44.7 Å². The van der Waals surface area contributed by atoms with Crippen molar-refractivity contribution < 1.29 is 52.8 Å². The molecule has 3 atom stereocenters. The summed E-state index contributed by atoms with van der Waals surface area (Å²) in [7, 11) is -8.76. The largest absolute Gasteiger partial charge is 0.445 e. The van der Waals surface area contributed by atoms with Crippen LogP contribution in [0.1, 0.15) is 44.4 Å². The lowest BCUT2D eigenvalue weighted by Crippen LogP contribution is -2.56. The molecular weight excluding hydrogens is 741 g/mol. The van der Waals surface area contributed by atoms with Gasteiger partial charge in [-0.2, -0.15) is 0 Å². The molecule has 12 nitrogen and oxygen atoms in total. The molecule has 2 fully saturated rings. The summed E-state index contributed by atoms with van der Waals surface area (Å²) in [6.45, 7) is 5.00. The third-order valence-corrected chi connectivity index (χ3v) is 10.0. The Morgan fingerprint density at radius 3 is 2.06 bits per heavy atom. The molecule has 0 saturated carbocycles. The van der Waals surface area contributed by atoms with Crippen molar-refractivity contribution in [3.63, 3.8) is 0 Å². The van der Waals surface area contributed by atoms with Gasteiger partial charge in [0, 0.05) is 63.4 Å². The van der Waals surface area contributed by atoms with Crippen LogP contribution in [0.3, 0.4) is 0 Å². The number of piperazine rings is 1. The summed E-state index contributed by atoms with van der Waals surface area (Å²) >= 11 is 0. The molecule has 2 aromatic carbocycles. The molecule has 1 unspecified atom stereocenters. The zero-order chi connectivity index (χ0) is 39.5. The van der Waals surface area contributed by atoms with E-state index in [0.29, 0.717) is 17.7 Å². The molecule has 3 aromatic rings. The number of hydrogen-bond acceptors (Lipinski definition) is 8. The summed E-state index contributed by atoms with van der Waals surface area (Å²) in [4.78, 5) is 62.4. The van der Waals surface area contributed by atoms with E-state index in [1.54, 1.807) is 51.1 Å². The summed E-state index contributed by atoms with van der Waals surface area (Å²) in [5.74, 6) is -1.61. The van der Waals surface area contributed by atoms with E-state index in [9.17, 15) is 38.6 Å². The Bertz CT molecular complexity index is 1830. The van der Waals surface area contributed by atoms with Gasteiger partial charge in [-0.05, 0) is 56.7 Å². The second-order valence-corrected chi connectivity index (χ2v) is 16.4. The normalized spacial score (nSPS) is 19.7. The van der Waals surface area contributed by atoms with E-state index in [4.69, 9.17) is 14.2 Å². The number of benzene rings is 2. The quantitative estimate of drug-likeness (QED) is 0.207. The molecule has 3 heterocycles. The van der Waals surface area contributed by atoms with Crippen LogP contribution in [0.15, 0.2) is 84.0 Å². The number of carbonyl (C=O) groups excluding carboxylic acids is 4. The average Bonchev–Trinajstić information content (AvgIpc) is 3.57. The summed E-state index contributed by atoms with van der Waals surface area (Å²) in [5, 5.41) is 0. The van der Waals surface area contributed by atoms with Crippen LogP contribution in [0.2, 0.25) is 0 Å². The molecule has 2 saturated heterocycles. The summed E-state index contributed by atoms with van der Waals surface area (Å²) in [5.41, 5.74) is -0.301. The topological polar surface area (TPSA) is 122 Å². The molecule has 0 spiro atoms. The predicted molar refractivity (Wildman–Crippen MR) is 189 cm³/mol. The molecule has 5 rings (SSSR count). The SMILES string of the molecule is CO[C@@H]1C[C@H](C(=O)N(c2ccc(S(F)(F)(F)(F)F)cc2)C(C(=O)N2CCN(C(=O)OC(C)(C)C)CC2)c2cccnc2)N(C(=O)OCc2ccccc2)C1. The van der Waals surface area contributed by atoms with Gasteiger partial charge < -0.3 is 24.0 Å². The summed E-state index contributed by atoms with van der Waals surface area (Å²) < 4.78 is 85.6. The highest BCUT2D eigenvalue weighted by Crippen LogP contribution is 3.02. The molecule has 2 aliphatic heterocycles. The minimum atomic E-state index is -10.1. The van der Waals surface area contributed by atoms with Crippen molar-refractivity contribution in [3.8, 4) is 0 Å². The van der Waals surface area contributed by atoms with Crippen LogP contribution in [-0.2, 0) is 30.4 Å². The van der Waals surface area contributed by atoms with Crippen molar-refractivity contribution in [3.05, 3.63) is 90.3 Å². The van der Waals surface area contributed by atoms with Gasteiger partial charge in [0.25, 0.3) is 11.8 Å². The van der Waals surface area contributed by atoms with Crippen molar-refractivity contribution in [1.29, 1.82) is 0 Å². The van der Waals surface area contributed by atoms with Gasteiger partial charge >= 0.3 is 22.4 Å². The highest BCUT2D eigenvalue weighted by Gasteiger charge is 2.65. The minimum absolute atomic E-state index is 0.00681. The first-order valence-corrected chi connectivity index (χ1v) is 18.9. The number of pyridine rings is 1. The first kappa shape index (κ1) is 40.2. The number of anilines is 1. The van der Waals surface area contributed by atoms with Crippen molar-refractivity contribution in [2.24, 2.45) is 0 Å². The standard InChI is InChI=1S/C36H42F5N5O7S/c1-36(2,3)53-34(49)44-19-17-43(18-20-44)33(48)31(26-11-8-16-42-22-26)46(27-12-14-29(15-13-27)54(37,38,39,40)41)32(47)30-21-28(51-4)23-45(30)35(50)52-24-25-9-6-5-7-10-25/h5-16,22,28,30-31H,17-21,23-24H2,1-4H3/t28-,30-,31?/m1/s1. The third-order valence-electron chi connectivity index (χ3n) is 8.85. The number of rotatable bonds is 9. The van der Waals surface area contributed by atoms with E-state index in [0.717, 1.165) is 9.80 Å². The van der Waals surface area contributed by atoms with Gasteiger partial charge in [-0.1, -0.05) is 55.8 Å². The zero-order valence-electron chi connectivity index (χ0n) is 30.1. The number of amides is 4. The van der Waals surface area contributed by atoms with Crippen molar-refractivity contribution >= 4 is 39.9 Å². The predicted octanol–water partition coefficient (Wildman–Crippen LogP) is 7.32. The number of nitrogens with zero attached hydrogens (tertiary/aromatic N) is 5. The Morgan fingerprint density at radius 2 is 1.50 bits per heavy atom. The smallest absolute Gasteiger partial charge is 0.410 e. The highest BCUT2D eigenvalue weighted by molar-refractivity contribution is 8.45. The maximum Gasteiger partial charge on any atom is 0.410 e. The second-order valence-electron chi connectivity index (χ2n) is 14.0. The van der Waals surface area contributed by atoms with E-state index in [1.807, 2.05) is 0 Å². The van der Waals surface area contributed by atoms with Gasteiger partial charge in [0.05, 0.1) is 12.6 Å². The number of aromatic nitrogens is 1. The van der Waals surface area contributed by atoms with Gasteiger partial charge in [-0.25, -0.2) is 9.59 Å². The highest BCUT2D eigenvalue weighted by atomic mass is 32.5. The Kier molecular flexibility index (Phi) is 10.9. The minimum Gasteiger partial charge on any atom is -0.445 e. The fraction of sp³-hybridized carbons (Fsp3) is 0.417.